The van der Waals surface area contributed by atoms with Crippen LogP contribution in [0.5, 0.6) is 0 Å². The Bertz CT molecular complexity index is 472. The van der Waals surface area contributed by atoms with Gasteiger partial charge in [-0.3, -0.25) is 4.79 Å². The number of hydrogen-bond acceptors (Lipinski definition) is 2. The molecule has 0 atom stereocenters. The van der Waals surface area contributed by atoms with Gasteiger partial charge in [-0.15, -0.1) is 0 Å². The third-order valence-electron chi connectivity index (χ3n) is 2.90. The summed E-state index contributed by atoms with van der Waals surface area (Å²) in [5, 5.41) is 12.4. The molecule has 18 heavy (non-hydrogen) atoms. The van der Waals surface area contributed by atoms with Gasteiger partial charge in [-0.2, -0.15) is 5.26 Å². The van der Waals surface area contributed by atoms with Crippen molar-refractivity contribution in [3.8, 4) is 6.07 Å². The number of amides is 1. The molecule has 5 heteroatoms. The molecule has 1 aromatic carbocycles. The fourth-order valence-electron chi connectivity index (χ4n) is 1.59. The van der Waals surface area contributed by atoms with E-state index in [0.717, 1.165) is 4.47 Å². The van der Waals surface area contributed by atoms with Gasteiger partial charge in [-0.1, -0.05) is 41.4 Å². The van der Waals surface area contributed by atoms with Crippen LogP contribution in [0.1, 0.15) is 37.0 Å². The molecule has 96 valence electrons. The molecule has 0 heterocycles. The van der Waals surface area contributed by atoms with Crippen LogP contribution in [0.25, 0.3) is 0 Å². The van der Waals surface area contributed by atoms with E-state index in [9.17, 15) is 10.1 Å². The van der Waals surface area contributed by atoms with Crippen molar-refractivity contribution >= 4 is 33.4 Å². The molecule has 1 rings (SSSR count). The summed E-state index contributed by atoms with van der Waals surface area (Å²) in [4.78, 5) is 12.1. The van der Waals surface area contributed by atoms with Gasteiger partial charge in [0.25, 0.3) is 5.91 Å². The van der Waals surface area contributed by atoms with E-state index in [1.165, 1.54) is 0 Å². The van der Waals surface area contributed by atoms with Gasteiger partial charge in [-0.05, 0) is 31.0 Å². The molecule has 0 aliphatic heterocycles. The summed E-state index contributed by atoms with van der Waals surface area (Å²) < 4.78 is 0.732. The van der Waals surface area contributed by atoms with Crippen LogP contribution in [0, 0.1) is 11.3 Å². The largest absolute Gasteiger partial charge is 0.334 e. The molecule has 1 amide bonds. The standard InChI is InChI=1S/C13H14BrClN2O/c1-3-13(4-2,8-16)17-12(18)9-5-10(14)7-11(15)6-9/h5-7H,3-4H2,1-2H3,(H,17,18). The van der Waals surface area contributed by atoms with Gasteiger partial charge in [0.05, 0.1) is 6.07 Å². The molecule has 0 saturated heterocycles. The minimum absolute atomic E-state index is 0.288. The van der Waals surface area contributed by atoms with Gasteiger partial charge < -0.3 is 5.32 Å². The molecule has 0 fully saturated rings. The molecule has 0 radical (unpaired) electrons. The Morgan fingerprint density at radius 3 is 2.50 bits per heavy atom. The number of nitrogens with one attached hydrogen (secondary N) is 1. The summed E-state index contributed by atoms with van der Waals surface area (Å²) in [5.41, 5.74) is -0.373. The average molecular weight is 330 g/mol. The number of rotatable bonds is 4. The second-order valence-corrected chi connectivity index (χ2v) is 5.37. The Hall–Kier alpha value is -1.05. The Balaban J connectivity index is 2.98. The van der Waals surface area contributed by atoms with E-state index in [0.29, 0.717) is 23.4 Å². The maximum atomic E-state index is 12.1. The number of carbonyl (C=O) groups excluding carboxylic acids is 1. The third kappa shape index (κ3) is 3.47. The molecule has 0 aliphatic rings. The van der Waals surface area contributed by atoms with Crippen molar-refractivity contribution in [2.45, 2.75) is 32.2 Å². The fraction of sp³-hybridized carbons (Fsp3) is 0.385. The highest BCUT2D eigenvalue weighted by molar-refractivity contribution is 9.10. The molecule has 1 aromatic rings. The van der Waals surface area contributed by atoms with Crippen molar-refractivity contribution in [3.63, 3.8) is 0 Å². The highest BCUT2D eigenvalue weighted by Crippen LogP contribution is 2.21. The minimum atomic E-state index is -0.814. The molecular formula is C13H14BrClN2O. The summed E-state index contributed by atoms with van der Waals surface area (Å²) in [7, 11) is 0. The third-order valence-corrected chi connectivity index (χ3v) is 3.57. The molecule has 0 saturated carbocycles. The Morgan fingerprint density at radius 2 is 2.06 bits per heavy atom. The van der Waals surface area contributed by atoms with Crippen molar-refractivity contribution in [1.82, 2.24) is 5.32 Å². The lowest BCUT2D eigenvalue weighted by atomic mass is 9.94. The van der Waals surface area contributed by atoms with Gasteiger partial charge in [0, 0.05) is 15.1 Å². The Morgan fingerprint density at radius 1 is 1.44 bits per heavy atom. The zero-order valence-corrected chi connectivity index (χ0v) is 12.6. The van der Waals surface area contributed by atoms with E-state index in [-0.39, 0.29) is 5.91 Å². The lowest BCUT2D eigenvalue weighted by Crippen LogP contribution is -2.46. The van der Waals surface area contributed by atoms with E-state index >= 15 is 0 Å². The number of nitriles is 1. The van der Waals surface area contributed by atoms with Crippen LogP contribution in [0.15, 0.2) is 22.7 Å². The lowest BCUT2D eigenvalue weighted by Gasteiger charge is -2.25. The number of halogens is 2. The highest BCUT2D eigenvalue weighted by atomic mass is 79.9. The maximum absolute atomic E-state index is 12.1. The van der Waals surface area contributed by atoms with Crippen molar-refractivity contribution < 1.29 is 4.79 Å². The van der Waals surface area contributed by atoms with Gasteiger partial charge in [0.2, 0.25) is 0 Å². The van der Waals surface area contributed by atoms with E-state index < -0.39 is 5.54 Å². The lowest BCUT2D eigenvalue weighted by molar-refractivity contribution is 0.0915. The van der Waals surface area contributed by atoms with Crippen LogP contribution in [0.3, 0.4) is 0 Å². The first kappa shape index (κ1) is 15.0. The molecule has 0 unspecified atom stereocenters. The normalized spacial score (nSPS) is 10.8. The zero-order valence-electron chi connectivity index (χ0n) is 10.3. The summed E-state index contributed by atoms with van der Waals surface area (Å²) in [6.45, 7) is 3.75. The van der Waals surface area contributed by atoms with Gasteiger partial charge in [0.1, 0.15) is 5.54 Å². The van der Waals surface area contributed by atoms with Crippen LogP contribution in [0.4, 0.5) is 0 Å². The average Bonchev–Trinajstić information content (AvgIpc) is 2.35. The van der Waals surface area contributed by atoms with E-state index in [4.69, 9.17) is 11.6 Å². The molecule has 0 aromatic heterocycles. The first-order valence-electron chi connectivity index (χ1n) is 5.66. The van der Waals surface area contributed by atoms with Gasteiger partial charge in [0.15, 0.2) is 0 Å². The second kappa shape index (κ2) is 6.21. The van der Waals surface area contributed by atoms with E-state index in [1.54, 1.807) is 18.2 Å². The smallest absolute Gasteiger partial charge is 0.252 e. The predicted octanol–water partition coefficient (Wildman–Crippen LogP) is 3.91. The summed E-state index contributed by atoms with van der Waals surface area (Å²) in [6.07, 6.45) is 1.13. The molecular weight excluding hydrogens is 316 g/mol. The van der Waals surface area contributed by atoms with Crippen molar-refractivity contribution in [2.75, 3.05) is 0 Å². The topological polar surface area (TPSA) is 52.9 Å². The van der Waals surface area contributed by atoms with Crippen LogP contribution >= 0.6 is 27.5 Å². The van der Waals surface area contributed by atoms with Crippen molar-refractivity contribution in [1.29, 1.82) is 5.26 Å². The Labute approximate surface area is 120 Å². The maximum Gasteiger partial charge on any atom is 0.252 e. The van der Waals surface area contributed by atoms with E-state index in [2.05, 4.69) is 27.3 Å². The van der Waals surface area contributed by atoms with Crippen LogP contribution in [0.2, 0.25) is 5.02 Å². The molecule has 0 bridgehead atoms. The van der Waals surface area contributed by atoms with Crippen LogP contribution in [-0.4, -0.2) is 11.4 Å². The summed E-state index contributed by atoms with van der Waals surface area (Å²) in [5.74, 6) is -0.288. The highest BCUT2D eigenvalue weighted by Gasteiger charge is 2.28. The van der Waals surface area contributed by atoms with E-state index in [1.807, 2.05) is 13.8 Å². The first-order valence-corrected chi connectivity index (χ1v) is 6.83. The number of nitrogens with zero attached hydrogens (tertiary/aromatic N) is 1. The Kier molecular flexibility index (Phi) is 5.18. The van der Waals surface area contributed by atoms with Crippen molar-refractivity contribution in [2.24, 2.45) is 0 Å². The van der Waals surface area contributed by atoms with Crippen LogP contribution < -0.4 is 5.32 Å². The van der Waals surface area contributed by atoms with Gasteiger partial charge in [-0.25, -0.2) is 0 Å². The number of carbonyl (C=O) groups is 1. The first-order chi connectivity index (χ1) is 8.46. The van der Waals surface area contributed by atoms with Crippen molar-refractivity contribution in [3.05, 3.63) is 33.3 Å². The summed E-state index contributed by atoms with van der Waals surface area (Å²) >= 11 is 9.17. The number of benzene rings is 1. The molecule has 0 aliphatic carbocycles. The predicted molar refractivity (Wildman–Crippen MR) is 75.5 cm³/mol. The molecule has 1 N–H and O–H groups in total. The van der Waals surface area contributed by atoms with Gasteiger partial charge >= 0.3 is 0 Å². The van der Waals surface area contributed by atoms with Crippen LogP contribution in [-0.2, 0) is 0 Å². The second-order valence-electron chi connectivity index (χ2n) is 4.01. The quantitative estimate of drug-likeness (QED) is 0.910. The molecule has 3 nitrogen and oxygen atoms in total. The summed E-state index contributed by atoms with van der Waals surface area (Å²) in [6, 6.07) is 7.13. The minimum Gasteiger partial charge on any atom is -0.334 e. The zero-order chi connectivity index (χ0) is 13.8. The number of hydrogen-bond donors (Lipinski definition) is 1. The fourth-order valence-corrected chi connectivity index (χ4v) is 2.45. The SMILES string of the molecule is CCC(C#N)(CC)NC(=O)c1cc(Cl)cc(Br)c1. The molecule has 0 spiro atoms. The monoisotopic (exact) mass is 328 g/mol.